The molecule has 0 saturated carbocycles. The molecule has 0 fully saturated rings. The van der Waals surface area contributed by atoms with E-state index in [-0.39, 0.29) is 11.5 Å². The van der Waals surface area contributed by atoms with E-state index in [1.54, 1.807) is 41.5 Å². The average molecular weight is 490 g/mol. The number of hydrogen-bond donors (Lipinski definition) is 1. The maximum Gasteiger partial charge on any atom is 0.425 e. The molecule has 3 aromatic rings. The van der Waals surface area contributed by atoms with Crippen LogP contribution in [0.4, 0.5) is 15.4 Å². The molecule has 0 radical (unpaired) electrons. The van der Waals surface area contributed by atoms with E-state index < -0.39 is 23.4 Å². The highest BCUT2D eigenvalue weighted by molar-refractivity contribution is 9.10. The van der Waals surface area contributed by atoms with Gasteiger partial charge in [-0.3, -0.25) is 0 Å². The molecule has 164 valence electrons. The Morgan fingerprint density at radius 3 is 2.10 bits per heavy atom. The number of rotatable bonds is 2. The molecule has 0 aliphatic heterocycles. The molecular formula is C21H24BrN5O4. The number of amides is 2. The van der Waals surface area contributed by atoms with E-state index in [0.29, 0.717) is 15.9 Å². The standard InChI is InChI=1S/C21H24BrN5O4/c1-20(2,3)30-18(28)27(19(29)31-21(4,5)6)17-15(26-14(22)11-23-17)16-24-12-9-7-8-10-13(12)25-16/h7-11H,1-6H3,(H,24,25). The van der Waals surface area contributed by atoms with Gasteiger partial charge in [-0.05, 0) is 69.6 Å². The fourth-order valence-corrected chi connectivity index (χ4v) is 2.89. The lowest BCUT2D eigenvalue weighted by Crippen LogP contribution is -2.44. The van der Waals surface area contributed by atoms with Crippen LogP contribution in [-0.4, -0.2) is 43.3 Å². The minimum Gasteiger partial charge on any atom is -0.443 e. The zero-order valence-corrected chi connectivity index (χ0v) is 19.8. The Kier molecular flexibility index (Phi) is 6.04. The van der Waals surface area contributed by atoms with Crippen LogP contribution in [-0.2, 0) is 9.47 Å². The average Bonchev–Trinajstić information content (AvgIpc) is 3.04. The number of ether oxygens (including phenoxy) is 2. The van der Waals surface area contributed by atoms with Crippen molar-refractivity contribution < 1.29 is 19.1 Å². The van der Waals surface area contributed by atoms with Crippen molar-refractivity contribution in [2.75, 3.05) is 4.90 Å². The van der Waals surface area contributed by atoms with E-state index in [4.69, 9.17) is 9.47 Å². The van der Waals surface area contributed by atoms with E-state index in [9.17, 15) is 9.59 Å². The highest BCUT2D eigenvalue weighted by Gasteiger charge is 2.36. The molecule has 9 nitrogen and oxygen atoms in total. The summed E-state index contributed by atoms with van der Waals surface area (Å²) in [6.07, 6.45) is -0.491. The second-order valence-corrected chi connectivity index (χ2v) is 9.58. The Morgan fingerprint density at radius 1 is 0.968 bits per heavy atom. The fraction of sp³-hybridized carbons (Fsp3) is 0.381. The number of nitrogens with one attached hydrogen (secondary N) is 1. The number of imidazole rings is 1. The first-order valence-electron chi connectivity index (χ1n) is 9.58. The summed E-state index contributed by atoms with van der Waals surface area (Å²) in [5.41, 5.74) is -0.0424. The lowest BCUT2D eigenvalue weighted by molar-refractivity contribution is 0.0429. The fourth-order valence-electron chi connectivity index (χ4n) is 2.61. The van der Waals surface area contributed by atoms with Crippen LogP contribution >= 0.6 is 15.9 Å². The third-order valence-electron chi connectivity index (χ3n) is 3.70. The molecule has 2 aromatic heterocycles. The van der Waals surface area contributed by atoms with Crippen molar-refractivity contribution in [3.63, 3.8) is 0 Å². The first-order valence-corrected chi connectivity index (χ1v) is 10.4. The van der Waals surface area contributed by atoms with Crippen molar-refractivity contribution in [3.05, 3.63) is 35.1 Å². The molecule has 0 saturated heterocycles. The number of benzene rings is 1. The van der Waals surface area contributed by atoms with E-state index in [0.717, 1.165) is 10.4 Å². The summed E-state index contributed by atoms with van der Waals surface area (Å²) in [5.74, 6) is 0.271. The van der Waals surface area contributed by atoms with Crippen LogP contribution in [0.15, 0.2) is 35.1 Å². The molecular weight excluding hydrogens is 466 g/mol. The van der Waals surface area contributed by atoms with E-state index in [1.807, 2.05) is 24.3 Å². The molecule has 0 bridgehead atoms. The quantitative estimate of drug-likeness (QED) is 0.508. The van der Waals surface area contributed by atoms with E-state index >= 15 is 0 Å². The summed E-state index contributed by atoms with van der Waals surface area (Å²) in [6.45, 7) is 10.2. The minimum atomic E-state index is -0.935. The largest absolute Gasteiger partial charge is 0.443 e. The first kappa shape index (κ1) is 22.7. The molecule has 3 rings (SSSR count). The number of fused-ring (bicyclic) bond motifs is 1. The van der Waals surface area contributed by atoms with Crippen molar-refractivity contribution >= 4 is 45.0 Å². The molecule has 1 aromatic carbocycles. The monoisotopic (exact) mass is 489 g/mol. The number of hydrogen-bond acceptors (Lipinski definition) is 7. The Balaban J connectivity index is 2.16. The third-order valence-corrected chi connectivity index (χ3v) is 4.08. The predicted octanol–water partition coefficient (Wildman–Crippen LogP) is 5.46. The van der Waals surface area contributed by atoms with Crippen LogP contribution in [0.3, 0.4) is 0 Å². The molecule has 0 spiro atoms. The molecule has 31 heavy (non-hydrogen) atoms. The highest BCUT2D eigenvalue weighted by Crippen LogP contribution is 2.30. The van der Waals surface area contributed by atoms with Gasteiger partial charge in [0.1, 0.15) is 15.8 Å². The number of anilines is 1. The van der Waals surface area contributed by atoms with Crippen LogP contribution in [0.25, 0.3) is 22.6 Å². The number of aromatic amines is 1. The Bertz CT molecular complexity index is 1070. The summed E-state index contributed by atoms with van der Waals surface area (Å²) < 4.78 is 11.3. The number of H-pyrrole nitrogens is 1. The Hall–Kier alpha value is -3.01. The minimum absolute atomic E-state index is 0.0641. The van der Waals surface area contributed by atoms with E-state index in [1.165, 1.54) is 6.20 Å². The van der Waals surface area contributed by atoms with Gasteiger partial charge in [-0.25, -0.2) is 24.5 Å². The molecule has 0 aliphatic rings. The number of halogens is 1. The van der Waals surface area contributed by atoms with Gasteiger partial charge in [0.25, 0.3) is 0 Å². The molecule has 2 heterocycles. The summed E-state index contributed by atoms with van der Waals surface area (Å²) in [4.78, 5) is 43.1. The zero-order valence-electron chi connectivity index (χ0n) is 18.2. The van der Waals surface area contributed by atoms with Crippen molar-refractivity contribution in [1.82, 2.24) is 19.9 Å². The Morgan fingerprint density at radius 2 is 1.55 bits per heavy atom. The van der Waals surface area contributed by atoms with Crippen LogP contribution < -0.4 is 4.90 Å². The summed E-state index contributed by atoms with van der Waals surface area (Å²) in [7, 11) is 0. The molecule has 0 unspecified atom stereocenters. The number of para-hydroxylation sites is 2. The Labute approximate surface area is 188 Å². The van der Waals surface area contributed by atoms with E-state index in [2.05, 4.69) is 35.9 Å². The molecule has 1 N–H and O–H groups in total. The van der Waals surface area contributed by atoms with Crippen LogP contribution in [0.1, 0.15) is 41.5 Å². The summed E-state index contributed by atoms with van der Waals surface area (Å²) in [6, 6.07) is 7.41. The second kappa shape index (κ2) is 8.26. The summed E-state index contributed by atoms with van der Waals surface area (Å²) >= 11 is 3.29. The van der Waals surface area contributed by atoms with Gasteiger partial charge in [0, 0.05) is 0 Å². The van der Waals surface area contributed by atoms with Crippen LogP contribution in [0, 0.1) is 0 Å². The van der Waals surface area contributed by atoms with Gasteiger partial charge in [0.2, 0.25) is 0 Å². The van der Waals surface area contributed by atoms with Crippen molar-refractivity contribution in [1.29, 1.82) is 0 Å². The number of imide groups is 1. The zero-order chi connectivity index (χ0) is 23.0. The highest BCUT2D eigenvalue weighted by atomic mass is 79.9. The number of nitrogens with zero attached hydrogens (tertiary/aromatic N) is 4. The van der Waals surface area contributed by atoms with Crippen molar-refractivity contribution in [2.24, 2.45) is 0 Å². The molecule has 10 heteroatoms. The predicted molar refractivity (Wildman–Crippen MR) is 120 cm³/mol. The van der Waals surface area contributed by atoms with Gasteiger partial charge in [-0.1, -0.05) is 12.1 Å². The maximum absolute atomic E-state index is 13.0. The normalized spacial score (nSPS) is 12.0. The van der Waals surface area contributed by atoms with Gasteiger partial charge in [-0.2, -0.15) is 4.90 Å². The first-order chi connectivity index (χ1) is 14.3. The maximum atomic E-state index is 13.0. The lowest BCUT2D eigenvalue weighted by Gasteiger charge is -2.28. The molecule has 0 aliphatic carbocycles. The van der Waals surface area contributed by atoms with Crippen LogP contribution in [0.2, 0.25) is 0 Å². The SMILES string of the molecule is CC(C)(C)OC(=O)N(C(=O)OC(C)(C)C)c1ncc(Br)nc1-c1nc2ccccc2[nH]1. The van der Waals surface area contributed by atoms with Gasteiger partial charge >= 0.3 is 12.2 Å². The van der Waals surface area contributed by atoms with Crippen LogP contribution in [0.5, 0.6) is 0 Å². The van der Waals surface area contributed by atoms with Gasteiger partial charge in [0.15, 0.2) is 17.3 Å². The third kappa shape index (κ3) is 5.57. The molecule has 2 amide bonds. The smallest absolute Gasteiger partial charge is 0.425 e. The number of carbonyl (C=O) groups is 2. The van der Waals surface area contributed by atoms with Crippen molar-refractivity contribution in [2.45, 2.75) is 52.7 Å². The van der Waals surface area contributed by atoms with Gasteiger partial charge < -0.3 is 14.5 Å². The number of aromatic nitrogens is 4. The van der Waals surface area contributed by atoms with Gasteiger partial charge in [0.05, 0.1) is 17.2 Å². The second-order valence-electron chi connectivity index (χ2n) is 8.76. The van der Waals surface area contributed by atoms with Gasteiger partial charge in [-0.15, -0.1) is 0 Å². The lowest BCUT2D eigenvalue weighted by atomic mass is 10.2. The van der Waals surface area contributed by atoms with Crippen molar-refractivity contribution in [3.8, 4) is 11.5 Å². The number of carbonyl (C=O) groups excluding carboxylic acids is 2. The summed E-state index contributed by atoms with van der Waals surface area (Å²) in [5, 5.41) is 0. The molecule has 0 atom stereocenters. The topological polar surface area (TPSA) is 110 Å².